The lowest BCUT2D eigenvalue weighted by molar-refractivity contribution is 0.295. The zero-order chi connectivity index (χ0) is 23.0. The summed E-state index contributed by atoms with van der Waals surface area (Å²) in [5.74, 6) is 3.00. The highest BCUT2D eigenvalue weighted by Gasteiger charge is 2.10. The molecule has 0 aliphatic rings. The van der Waals surface area contributed by atoms with E-state index in [2.05, 4.69) is 6.92 Å². The predicted molar refractivity (Wildman–Crippen MR) is 130 cm³/mol. The van der Waals surface area contributed by atoms with Crippen molar-refractivity contribution in [3.8, 4) is 34.1 Å². The second kappa shape index (κ2) is 15.3. The molecule has 0 aliphatic heterocycles. The lowest BCUT2D eigenvalue weighted by Gasteiger charge is -2.15. The summed E-state index contributed by atoms with van der Waals surface area (Å²) in [4.78, 5) is 0. The molecule has 6 N–H and O–H groups in total. The number of unbranched alkanes of at least 4 members (excludes halogenated alkanes) is 1. The molecule has 0 heterocycles. The minimum Gasteiger partial charge on any atom is -0.493 e. The van der Waals surface area contributed by atoms with Gasteiger partial charge in [0, 0.05) is 12.1 Å². The van der Waals surface area contributed by atoms with Crippen molar-refractivity contribution in [2.24, 2.45) is 17.2 Å². The molecule has 2 aromatic rings. The minimum absolute atomic E-state index is 0.551. The topological polar surface area (TPSA) is 115 Å². The molecule has 0 fully saturated rings. The summed E-state index contributed by atoms with van der Waals surface area (Å²) in [6, 6.07) is 11.9. The van der Waals surface area contributed by atoms with Crippen LogP contribution in [0.15, 0.2) is 36.4 Å². The average molecular weight is 446 g/mol. The number of rotatable bonds is 17. The highest BCUT2D eigenvalue weighted by Crippen LogP contribution is 2.35. The average Bonchev–Trinajstić information content (AvgIpc) is 2.80. The predicted octanol–water partition coefficient (Wildman–Crippen LogP) is 3.72. The van der Waals surface area contributed by atoms with Crippen molar-refractivity contribution in [2.75, 3.05) is 46.1 Å². The lowest BCUT2D eigenvalue weighted by atomic mass is 10.0. The van der Waals surface area contributed by atoms with E-state index >= 15 is 0 Å². The van der Waals surface area contributed by atoms with E-state index in [4.69, 9.17) is 36.1 Å². The SMILES string of the molecule is CCCCOc1cc(OCCCN)cc(-c2cc(OCCCN)cc(OCCCN)c2)c1. The van der Waals surface area contributed by atoms with E-state index in [0.717, 1.165) is 66.2 Å². The van der Waals surface area contributed by atoms with Crippen LogP contribution in [0.1, 0.15) is 39.0 Å². The molecule has 0 amide bonds. The summed E-state index contributed by atoms with van der Waals surface area (Å²) in [7, 11) is 0. The van der Waals surface area contributed by atoms with Crippen LogP contribution in [-0.4, -0.2) is 46.1 Å². The van der Waals surface area contributed by atoms with Crippen LogP contribution in [0.25, 0.3) is 11.1 Å². The molecule has 2 aromatic carbocycles. The molecule has 0 bridgehead atoms. The summed E-state index contributed by atoms with van der Waals surface area (Å²) in [6.45, 7) is 6.22. The Balaban J connectivity index is 2.34. The third kappa shape index (κ3) is 9.34. The number of nitrogens with two attached hydrogens (primary N) is 3. The first-order chi connectivity index (χ1) is 15.7. The number of hydrogen-bond acceptors (Lipinski definition) is 7. The van der Waals surface area contributed by atoms with Gasteiger partial charge in [0.1, 0.15) is 23.0 Å². The summed E-state index contributed by atoms with van der Waals surface area (Å²) in [6.07, 6.45) is 4.43. The molecule has 0 spiro atoms. The Kier molecular flexibility index (Phi) is 12.4. The summed E-state index contributed by atoms with van der Waals surface area (Å²) in [5.41, 5.74) is 18.7. The fourth-order valence-corrected chi connectivity index (χ4v) is 2.96. The van der Waals surface area contributed by atoms with E-state index in [1.54, 1.807) is 0 Å². The van der Waals surface area contributed by atoms with Gasteiger partial charge in [-0.2, -0.15) is 0 Å². The molecule has 0 saturated carbocycles. The largest absolute Gasteiger partial charge is 0.493 e. The summed E-state index contributed by atoms with van der Waals surface area (Å²) >= 11 is 0. The Labute approximate surface area is 192 Å². The zero-order valence-corrected chi connectivity index (χ0v) is 19.3. The van der Waals surface area contributed by atoms with Crippen molar-refractivity contribution in [2.45, 2.75) is 39.0 Å². The van der Waals surface area contributed by atoms with E-state index in [1.165, 1.54) is 0 Å². The van der Waals surface area contributed by atoms with Gasteiger partial charge in [-0.3, -0.25) is 0 Å². The molecule has 178 valence electrons. The molecule has 7 heteroatoms. The van der Waals surface area contributed by atoms with Crippen molar-refractivity contribution >= 4 is 0 Å². The first kappa shape index (κ1) is 25.8. The number of hydrogen-bond donors (Lipinski definition) is 3. The van der Waals surface area contributed by atoms with Crippen LogP contribution in [0.3, 0.4) is 0 Å². The van der Waals surface area contributed by atoms with Gasteiger partial charge < -0.3 is 36.1 Å². The maximum atomic E-state index is 5.98. The van der Waals surface area contributed by atoms with Crippen molar-refractivity contribution in [1.82, 2.24) is 0 Å². The van der Waals surface area contributed by atoms with E-state index < -0.39 is 0 Å². The molecule has 0 atom stereocenters. The van der Waals surface area contributed by atoms with Crippen LogP contribution in [-0.2, 0) is 0 Å². The molecule has 2 rings (SSSR count). The number of benzene rings is 2. The van der Waals surface area contributed by atoms with Crippen LogP contribution in [0.4, 0.5) is 0 Å². The number of ether oxygens (including phenoxy) is 4. The molecular weight excluding hydrogens is 406 g/mol. The first-order valence-corrected chi connectivity index (χ1v) is 11.6. The van der Waals surface area contributed by atoms with Crippen molar-refractivity contribution in [3.05, 3.63) is 36.4 Å². The normalized spacial score (nSPS) is 10.8. The quantitative estimate of drug-likeness (QED) is 0.318. The second-order valence-corrected chi connectivity index (χ2v) is 7.56. The van der Waals surface area contributed by atoms with Crippen molar-refractivity contribution in [1.29, 1.82) is 0 Å². The van der Waals surface area contributed by atoms with Gasteiger partial charge >= 0.3 is 0 Å². The standard InChI is InChI=1S/C25H39N3O4/c1-2-3-10-29-22-14-20(15-23(18-22)30-11-4-7-26)21-16-24(31-12-5-8-27)19-25(17-21)32-13-6-9-28/h14-19H,2-13,26-28H2,1H3. The van der Waals surface area contributed by atoms with Gasteiger partial charge in [-0.1, -0.05) is 13.3 Å². The molecule has 0 aromatic heterocycles. The Hall–Kier alpha value is -2.48. The monoisotopic (exact) mass is 445 g/mol. The Morgan fingerprint density at radius 3 is 1.09 bits per heavy atom. The maximum absolute atomic E-state index is 5.98. The van der Waals surface area contributed by atoms with E-state index in [9.17, 15) is 0 Å². The summed E-state index contributed by atoms with van der Waals surface area (Å²) in [5, 5.41) is 0. The fourth-order valence-electron chi connectivity index (χ4n) is 2.96. The zero-order valence-electron chi connectivity index (χ0n) is 19.3. The van der Waals surface area contributed by atoms with Crippen LogP contribution >= 0.6 is 0 Å². The van der Waals surface area contributed by atoms with Crippen LogP contribution in [0.2, 0.25) is 0 Å². The van der Waals surface area contributed by atoms with E-state index in [1.807, 2.05) is 36.4 Å². The van der Waals surface area contributed by atoms with Gasteiger partial charge in [-0.25, -0.2) is 0 Å². The molecular formula is C25H39N3O4. The fraction of sp³-hybridized carbons (Fsp3) is 0.520. The molecule has 0 radical (unpaired) electrons. The van der Waals surface area contributed by atoms with Crippen molar-refractivity contribution < 1.29 is 18.9 Å². The van der Waals surface area contributed by atoms with Gasteiger partial charge in [-0.05, 0) is 80.7 Å². The second-order valence-electron chi connectivity index (χ2n) is 7.56. The van der Waals surface area contributed by atoms with Crippen molar-refractivity contribution in [3.63, 3.8) is 0 Å². The third-order valence-corrected chi connectivity index (χ3v) is 4.71. The maximum Gasteiger partial charge on any atom is 0.123 e. The van der Waals surface area contributed by atoms with Gasteiger partial charge in [-0.15, -0.1) is 0 Å². The van der Waals surface area contributed by atoms with Crippen LogP contribution in [0.5, 0.6) is 23.0 Å². The van der Waals surface area contributed by atoms with E-state index in [0.29, 0.717) is 46.1 Å². The van der Waals surface area contributed by atoms with Gasteiger partial charge in [0.2, 0.25) is 0 Å². The molecule has 0 unspecified atom stereocenters. The summed E-state index contributed by atoms with van der Waals surface area (Å²) < 4.78 is 23.7. The Bertz CT molecular complexity index is 664. The van der Waals surface area contributed by atoms with Gasteiger partial charge in [0.05, 0.1) is 26.4 Å². The molecule has 7 nitrogen and oxygen atoms in total. The van der Waals surface area contributed by atoms with E-state index in [-0.39, 0.29) is 0 Å². The minimum atomic E-state index is 0.551. The molecule has 0 aliphatic carbocycles. The van der Waals surface area contributed by atoms with Crippen LogP contribution < -0.4 is 36.1 Å². The highest BCUT2D eigenvalue weighted by molar-refractivity contribution is 5.70. The van der Waals surface area contributed by atoms with Gasteiger partial charge in [0.15, 0.2) is 0 Å². The van der Waals surface area contributed by atoms with Crippen LogP contribution in [0, 0.1) is 0 Å². The third-order valence-electron chi connectivity index (χ3n) is 4.71. The molecule has 32 heavy (non-hydrogen) atoms. The highest BCUT2D eigenvalue weighted by atomic mass is 16.5. The Morgan fingerprint density at radius 1 is 0.500 bits per heavy atom. The smallest absolute Gasteiger partial charge is 0.123 e. The lowest BCUT2D eigenvalue weighted by Crippen LogP contribution is -2.07. The Morgan fingerprint density at radius 2 is 0.812 bits per heavy atom. The van der Waals surface area contributed by atoms with Gasteiger partial charge in [0.25, 0.3) is 0 Å². The first-order valence-electron chi connectivity index (χ1n) is 11.6. The molecule has 0 saturated heterocycles.